The van der Waals surface area contributed by atoms with Gasteiger partial charge in [0.15, 0.2) is 0 Å². The molecular weight excluding hydrogens is 580 g/mol. The monoisotopic (exact) mass is 616 g/mol. The molecule has 14 heteroatoms. The average Bonchev–Trinajstić information content (AvgIpc) is 3.69. The lowest BCUT2D eigenvalue weighted by molar-refractivity contribution is -0.142. The van der Waals surface area contributed by atoms with E-state index in [2.05, 4.69) is 30.9 Å². The predicted octanol–water partition coefficient (Wildman–Crippen LogP) is 0.0507. The number of rotatable bonds is 16. The number of aliphatic carboxylic acids is 1. The number of hydrogen-bond acceptors (Lipinski definition) is 7. The summed E-state index contributed by atoms with van der Waals surface area (Å²) < 4.78 is 0. The molecule has 236 valence electrons. The average molecular weight is 617 g/mol. The van der Waals surface area contributed by atoms with Crippen LogP contribution in [0.2, 0.25) is 0 Å². The molecule has 14 nitrogen and oxygen atoms in total. The van der Waals surface area contributed by atoms with Crippen molar-refractivity contribution in [3.8, 4) is 0 Å². The summed E-state index contributed by atoms with van der Waals surface area (Å²) >= 11 is 0. The van der Waals surface area contributed by atoms with E-state index in [0.29, 0.717) is 16.8 Å². The van der Waals surface area contributed by atoms with E-state index in [1.165, 1.54) is 12.5 Å². The highest BCUT2D eigenvalue weighted by atomic mass is 16.4. The summed E-state index contributed by atoms with van der Waals surface area (Å²) in [6, 6.07) is 11.5. The standard InChI is InChI=1S/C31H36N8O6/c32-22(10-11-27(33)40)28(41)37-25(14-20-16-34-17-36-20)30(43)38-24(13-19-15-35-23-9-5-4-8-21(19)23)29(42)39-26(31(44)45)12-18-6-2-1-3-7-18/h1-9,15-17,22,24-26,35H,10-14,32H2,(H2,33,40)(H,34,36)(H,37,41)(H,38,43)(H,39,42)(H,44,45). The number of aromatic nitrogens is 3. The van der Waals surface area contributed by atoms with Crippen molar-refractivity contribution in [1.29, 1.82) is 0 Å². The second-order valence-corrected chi connectivity index (χ2v) is 10.7. The maximum Gasteiger partial charge on any atom is 0.326 e. The molecule has 0 aliphatic rings. The molecule has 0 radical (unpaired) electrons. The molecule has 4 rings (SSSR count). The van der Waals surface area contributed by atoms with Gasteiger partial charge in [-0.05, 0) is 23.6 Å². The van der Waals surface area contributed by atoms with Crippen molar-refractivity contribution in [2.24, 2.45) is 11.5 Å². The number of nitrogens with two attached hydrogens (primary N) is 2. The van der Waals surface area contributed by atoms with Crippen LogP contribution in [0, 0.1) is 0 Å². The first kappa shape index (κ1) is 32.4. The molecule has 0 bridgehead atoms. The Hall–Kier alpha value is -5.50. The topological polar surface area (TPSA) is 238 Å². The van der Waals surface area contributed by atoms with Gasteiger partial charge in [-0.25, -0.2) is 9.78 Å². The highest BCUT2D eigenvalue weighted by molar-refractivity contribution is 5.95. The zero-order valence-corrected chi connectivity index (χ0v) is 24.4. The molecular formula is C31H36N8O6. The number of amides is 4. The van der Waals surface area contributed by atoms with Crippen molar-refractivity contribution in [1.82, 2.24) is 30.9 Å². The van der Waals surface area contributed by atoms with Gasteiger partial charge in [0, 0.05) is 54.7 Å². The number of imidazole rings is 1. The van der Waals surface area contributed by atoms with Gasteiger partial charge in [-0.3, -0.25) is 19.2 Å². The van der Waals surface area contributed by atoms with Gasteiger partial charge in [0.05, 0.1) is 12.4 Å². The highest BCUT2D eigenvalue weighted by Gasteiger charge is 2.31. The zero-order valence-electron chi connectivity index (χ0n) is 24.4. The van der Waals surface area contributed by atoms with Crippen molar-refractivity contribution in [3.05, 3.63) is 90.1 Å². The molecule has 10 N–H and O–H groups in total. The van der Waals surface area contributed by atoms with Gasteiger partial charge in [-0.2, -0.15) is 0 Å². The number of nitrogens with zero attached hydrogens (tertiary/aromatic N) is 1. The number of aromatic amines is 2. The first-order valence-corrected chi connectivity index (χ1v) is 14.3. The molecule has 0 fully saturated rings. The van der Waals surface area contributed by atoms with Crippen LogP contribution in [-0.4, -0.2) is 73.8 Å². The first-order chi connectivity index (χ1) is 21.6. The van der Waals surface area contributed by atoms with E-state index < -0.39 is 53.8 Å². The van der Waals surface area contributed by atoms with Gasteiger partial charge in [0.1, 0.15) is 18.1 Å². The second-order valence-electron chi connectivity index (χ2n) is 10.7. The minimum atomic E-state index is -1.27. The minimum absolute atomic E-state index is 0.0160. The Bertz CT molecular complexity index is 1620. The Labute approximate surface area is 258 Å². The van der Waals surface area contributed by atoms with Gasteiger partial charge in [0.25, 0.3) is 0 Å². The molecule has 0 saturated carbocycles. The van der Waals surface area contributed by atoms with Crippen LogP contribution in [0.4, 0.5) is 0 Å². The van der Waals surface area contributed by atoms with E-state index in [9.17, 15) is 29.1 Å². The van der Waals surface area contributed by atoms with E-state index in [4.69, 9.17) is 11.5 Å². The van der Waals surface area contributed by atoms with Crippen molar-refractivity contribution >= 4 is 40.5 Å². The Morgan fingerprint density at radius 2 is 1.44 bits per heavy atom. The number of primary amides is 1. The summed E-state index contributed by atoms with van der Waals surface area (Å²) in [5.74, 6) is -3.99. The highest BCUT2D eigenvalue weighted by Crippen LogP contribution is 2.19. The van der Waals surface area contributed by atoms with Crippen molar-refractivity contribution in [2.75, 3.05) is 0 Å². The van der Waals surface area contributed by atoms with E-state index in [-0.39, 0.29) is 32.1 Å². The number of carbonyl (C=O) groups is 5. The Kier molecular flexibility index (Phi) is 11.0. The molecule has 0 aliphatic carbocycles. The molecule has 4 aromatic rings. The molecule has 45 heavy (non-hydrogen) atoms. The molecule has 0 aliphatic heterocycles. The van der Waals surface area contributed by atoms with Crippen LogP contribution in [0.3, 0.4) is 0 Å². The summed E-state index contributed by atoms with van der Waals surface area (Å²) in [6.07, 6.45) is 4.49. The van der Waals surface area contributed by atoms with Gasteiger partial charge >= 0.3 is 5.97 Å². The van der Waals surface area contributed by atoms with Crippen LogP contribution >= 0.6 is 0 Å². The van der Waals surface area contributed by atoms with Crippen LogP contribution < -0.4 is 27.4 Å². The molecule has 0 saturated heterocycles. The molecule has 0 spiro atoms. The van der Waals surface area contributed by atoms with Gasteiger partial charge in [-0.15, -0.1) is 0 Å². The third-order valence-corrected chi connectivity index (χ3v) is 7.28. The number of hydrogen-bond donors (Lipinski definition) is 8. The van der Waals surface area contributed by atoms with Crippen LogP contribution in [0.5, 0.6) is 0 Å². The van der Waals surface area contributed by atoms with Crippen molar-refractivity contribution in [3.63, 3.8) is 0 Å². The smallest absolute Gasteiger partial charge is 0.326 e. The fourth-order valence-electron chi connectivity index (χ4n) is 4.86. The number of carbonyl (C=O) groups excluding carboxylic acids is 4. The Balaban J connectivity index is 1.58. The number of carboxylic acids is 1. The SMILES string of the molecule is NC(=O)CCC(N)C(=O)NC(Cc1cnc[nH]1)C(=O)NC(Cc1c[nH]c2ccccc12)C(=O)NC(Cc1ccccc1)C(=O)O. The minimum Gasteiger partial charge on any atom is -0.480 e. The van der Waals surface area contributed by atoms with Gasteiger partial charge < -0.3 is 42.5 Å². The lowest BCUT2D eigenvalue weighted by Gasteiger charge is -2.25. The molecule has 4 atom stereocenters. The fraction of sp³-hybridized carbons (Fsp3) is 0.290. The number of nitrogens with one attached hydrogen (secondary N) is 5. The maximum atomic E-state index is 13.7. The van der Waals surface area contributed by atoms with Crippen LogP contribution in [0.15, 0.2) is 73.3 Å². The predicted molar refractivity (Wildman–Crippen MR) is 164 cm³/mol. The molecule has 4 amide bonds. The van der Waals surface area contributed by atoms with Crippen LogP contribution in [0.25, 0.3) is 10.9 Å². The normalized spacial score (nSPS) is 13.7. The summed E-state index contributed by atoms with van der Waals surface area (Å²) in [7, 11) is 0. The number of para-hydroxylation sites is 1. The van der Waals surface area contributed by atoms with Crippen LogP contribution in [-0.2, 0) is 43.2 Å². The summed E-state index contributed by atoms with van der Waals surface area (Å²) in [5.41, 5.74) is 13.9. The van der Waals surface area contributed by atoms with Gasteiger partial charge in [-0.1, -0.05) is 48.5 Å². The Morgan fingerprint density at radius 3 is 2.11 bits per heavy atom. The van der Waals surface area contributed by atoms with Gasteiger partial charge in [0.2, 0.25) is 23.6 Å². The maximum absolute atomic E-state index is 13.7. The van der Waals surface area contributed by atoms with E-state index in [1.807, 2.05) is 24.3 Å². The van der Waals surface area contributed by atoms with Crippen molar-refractivity contribution in [2.45, 2.75) is 56.3 Å². The number of carboxylic acid groups (broad SMARTS) is 1. The molecule has 2 aromatic carbocycles. The molecule has 2 heterocycles. The Morgan fingerprint density at radius 1 is 0.800 bits per heavy atom. The third kappa shape index (κ3) is 9.24. The largest absolute Gasteiger partial charge is 0.480 e. The first-order valence-electron chi connectivity index (χ1n) is 14.3. The molecule has 4 unspecified atom stereocenters. The fourth-order valence-corrected chi connectivity index (χ4v) is 4.86. The lowest BCUT2D eigenvalue weighted by atomic mass is 10.0. The quantitative estimate of drug-likeness (QED) is 0.0854. The van der Waals surface area contributed by atoms with E-state index in [0.717, 1.165) is 10.9 Å². The lowest BCUT2D eigenvalue weighted by Crippen LogP contribution is -2.58. The van der Waals surface area contributed by atoms with Crippen LogP contribution in [0.1, 0.15) is 29.7 Å². The van der Waals surface area contributed by atoms with E-state index >= 15 is 0 Å². The van der Waals surface area contributed by atoms with Crippen molar-refractivity contribution < 1.29 is 29.1 Å². The summed E-state index contributed by atoms with van der Waals surface area (Å²) in [6.45, 7) is 0. The number of H-pyrrole nitrogens is 2. The molecule has 2 aromatic heterocycles. The van der Waals surface area contributed by atoms with E-state index in [1.54, 1.807) is 36.5 Å². The summed E-state index contributed by atoms with van der Waals surface area (Å²) in [4.78, 5) is 73.6. The zero-order chi connectivity index (χ0) is 32.3. The summed E-state index contributed by atoms with van der Waals surface area (Å²) in [5, 5.41) is 18.6. The number of benzene rings is 2. The number of fused-ring (bicyclic) bond motifs is 1. The second kappa shape index (κ2) is 15.3. The third-order valence-electron chi connectivity index (χ3n) is 7.28.